The van der Waals surface area contributed by atoms with Crippen molar-refractivity contribution < 1.29 is 33.8 Å². The summed E-state index contributed by atoms with van der Waals surface area (Å²) in [5.41, 5.74) is 3.39. The molecule has 281 valence electrons. The molecule has 4 aliphatic heterocycles. The summed E-state index contributed by atoms with van der Waals surface area (Å²) in [6, 6.07) is 11.1. The van der Waals surface area contributed by atoms with Gasteiger partial charge >= 0.3 is 18.1 Å². The number of esters is 1. The van der Waals surface area contributed by atoms with Crippen molar-refractivity contribution in [2.45, 2.75) is 77.3 Å². The van der Waals surface area contributed by atoms with Crippen LogP contribution >= 0.6 is 0 Å². The maximum atomic E-state index is 14.2. The molecule has 0 aromatic heterocycles. The van der Waals surface area contributed by atoms with Gasteiger partial charge in [0.1, 0.15) is 13.6 Å². The zero-order valence-electron chi connectivity index (χ0n) is 31.1. The molecule has 0 bridgehead atoms. The quantitative estimate of drug-likeness (QED) is 0.283. The van der Waals surface area contributed by atoms with Crippen molar-refractivity contribution in [3.8, 4) is 5.75 Å². The summed E-state index contributed by atoms with van der Waals surface area (Å²) in [5.74, 6) is 0.609. The summed E-state index contributed by atoms with van der Waals surface area (Å²) in [6.45, 7) is 8.66. The summed E-state index contributed by atoms with van der Waals surface area (Å²) in [5, 5.41) is 13.5. The molecule has 4 heterocycles. The molecule has 0 aliphatic carbocycles. The monoisotopic (exact) mass is 724 g/mol. The third-order valence-corrected chi connectivity index (χ3v) is 11.6. The Morgan fingerprint density at radius 3 is 2.28 bits per heavy atom. The highest BCUT2D eigenvalue weighted by Gasteiger charge is 2.37. The lowest BCUT2D eigenvalue weighted by Crippen LogP contribution is -2.52. The van der Waals surface area contributed by atoms with Crippen LogP contribution in [0.2, 0.25) is 6.82 Å². The minimum absolute atomic E-state index is 0.0134. The van der Waals surface area contributed by atoms with Gasteiger partial charge in [-0.05, 0) is 99.5 Å². The number of amides is 4. The number of ether oxygens (including phenoxy) is 2. The van der Waals surface area contributed by atoms with Crippen LogP contribution in [0.15, 0.2) is 36.4 Å². The van der Waals surface area contributed by atoms with Crippen LogP contribution in [0.4, 0.5) is 15.3 Å². The van der Waals surface area contributed by atoms with E-state index in [-0.39, 0.29) is 41.6 Å². The number of hydrogen-bond acceptors (Lipinski definition) is 8. The van der Waals surface area contributed by atoms with Crippen molar-refractivity contribution in [1.29, 1.82) is 0 Å². The molecular formula is C39H52B2N5O7. The van der Waals surface area contributed by atoms with Crippen molar-refractivity contribution in [2.75, 3.05) is 64.3 Å². The van der Waals surface area contributed by atoms with E-state index in [1.807, 2.05) is 41.0 Å². The molecule has 2 aromatic rings. The number of nitrogens with zero attached hydrogens (tertiary/aromatic N) is 4. The maximum absolute atomic E-state index is 14.2. The molecule has 2 aromatic carbocycles. The fourth-order valence-corrected chi connectivity index (χ4v) is 8.54. The number of para-hydroxylation sites is 1. The first-order valence-corrected chi connectivity index (χ1v) is 19.3. The van der Waals surface area contributed by atoms with Crippen LogP contribution in [0.25, 0.3) is 0 Å². The minimum Gasteiger partial charge on any atom is -0.509 e. The Morgan fingerprint density at radius 1 is 0.943 bits per heavy atom. The number of rotatable bonds is 10. The summed E-state index contributed by atoms with van der Waals surface area (Å²) in [4.78, 5) is 60.4. The van der Waals surface area contributed by atoms with Crippen molar-refractivity contribution in [1.82, 2.24) is 19.6 Å². The number of fused-ring (bicyclic) bond motifs is 1. The second-order valence-electron chi connectivity index (χ2n) is 14.8. The van der Waals surface area contributed by atoms with Gasteiger partial charge in [-0.2, -0.15) is 0 Å². The highest BCUT2D eigenvalue weighted by atomic mass is 16.6. The Balaban J connectivity index is 1.06. The minimum atomic E-state index is -1.06. The molecule has 3 fully saturated rings. The first-order valence-electron chi connectivity index (χ1n) is 19.3. The fraction of sp³-hybridized carbons (Fsp3) is 0.590. The lowest BCUT2D eigenvalue weighted by atomic mass is 9.69. The molecule has 12 nitrogen and oxygen atoms in total. The number of carbonyl (C=O) groups excluding carboxylic acids is 4. The normalized spacial score (nSPS) is 19.9. The topological polar surface area (TPSA) is 132 Å². The first-order chi connectivity index (χ1) is 25.6. The molecule has 3 saturated heterocycles. The summed E-state index contributed by atoms with van der Waals surface area (Å²) in [7, 11) is 7.87. The number of nitrogens with one attached hydrogen (secondary N) is 1. The average Bonchev–Trinajstić information content (AvgIpc) is 3.34. The largest absolute Gasteiger partial charge is 0.509 e. The lowest BCUT2D eigenvalue weighted by Gasteiger charge is -2.41. The molecule has 4 aliphatic rings. The standard InChI is InChI=1S/C39H52B2N5O7/c1-3-52-35(47)25-43-15-8-27(9-16-43)28-10-17-44(18-11-28)37(49)34(24-26-22-31(40)36(48)32(23-26)41-2)53-39(51)45-19-13-30(14-20-45)46-21-12-29-6-4-5-7-33(29)42-38(46)50/h4-7,22-23,27-28,30,34,48H,3,8-21,24-25H2,1-2H3,(H,42,50)/t34-/m1/s1. The summed E-state index contributed by atoms with van der Waals surface area (Å²) >= 11 is 0. The summed E-state index contributed by atoms with van der Waals surface area (Å²) < 4.78 is 11.2. The second-order valence-corrected chi connectivity index (χ2v) is 14.8. The van der Waals surface area contributed by atoms with Gasteiger partial charge in [-0.25, -0.2) is 9.59 Å². The fourth-order valence-electron chi connectivity index (χ4n) is 8.54. The number of carbonyl (C=O) groups is 4. The van der Waals surface area contributed by atoms with Gasteiger partial charge < -0.3 is 34.6 Å². The van der Waals surface area contributed by atoms with Gasteiger partial charge in [0.2, 0.25) is 0 Å². The molecule has 53 heavy (non-hydrogen) atoms. The Kier molecular flexibility index (Phi) is 12.9. The molecule has 2 N–H and O–H groups in total. The van der Waals surface area contributed by atoms with Crippen LogP contribution in [-0.2, 0) is 31.9 Å². The van der Waals surface area contributed by atoms with E-state index in [9.17, 15) is 24.3 Å². The zero-order valence-corrected chi connectivity index (χ0v) is 31.1. The molecular weight excluding hydrogens is 672 g/mol. The van der Waals surface area contributed by atoms with Crippen LogP contribution in [0.1, 0.15) is 56.6 Å². The lowest BCUT2D eigenvalue weighted by molar-refractivity contribution is -0.144. The molecule has 0 spiro atoms. The van der Waals surface area contributed by atoms with Gasteiger partial charge in [0.25, 0.3) is 5.91 Å². The predicted octanol–water partition coefficient (Wildman–Crippen LogP) is 2.68. The van der Waals surface area contributed by atoms with Crippen molar-refractivity contribution in [2.24, 2.45) is 11.8 Å². The van der Waals surface area contributed by atoms with E-state index in [4.69, 9.17) is 17.3 Å². The predicted molar refractivity (Wildman–Crippen MR) is 204 cm³/mol. The molecule has 3 radical (unpaired) electrons. The number of hydrogen-bond donors (Lipinski definition) is 2. The van der Waals surface area contributed by atoms with Gasteiger partial charge in [0.05, 0.1) is 13.2 Å². The van der Waals surface area contributed by atoms with Crippen LogP contribution in [-0.4, -0.2) is 135 Å². The number of likely N-dealkylation sites (tertiary alicyclic amines) is 3. The number of urea groups is 1. The van der Waals surface area contributed by atoms with Crippen LogP contribution in [0, 0.1) is 11.8 Å². The Hall–Kier alpha value is -4.19. The first kappa shape index (κ1) is 38.5. The number of piperidine rings is 3. The smallest absolute Gasteiger partial charge is 0.410 e. The van der Waals surface area contributed by atoms with E-state index in [0.29, 0.717) is 81.6 Å². The van der Waals surface area contributed by atoms with Crippen LogP contribution in [0.3, 0.4) is 0 Å². The third-order valence-electron chi connectivity index (χ3n) is 11.6. The highest BCUT2D eigenvalue weighted by molar-refractivity contribution is 6.54. The average molecular weight is 724 g/mol. The number of phenolic OH excluding ortho intramolecular Hbond substituents is 1. The molecule has 14 heteroatoms. The van der Waals surface area contributed by atoms with Crippen molar-refractivity contribution in [3.05, 3.63) is 47.5 Å². The Labute approximate surface area is 315 Å². The van der Waals surface area contributed by atoms with Gasteiger partial charge in [0.15, 0.2) is 13.4 Å². The van der Waals surface area contributed by atoms with E-state index < -0.39 is 12.2 Å². The molecule has 0 unspecified atom stereocenters. The van der Waals surface area contributed by atoms with E-state index >= 15 is 0 Å². The van der Waals surface area contributed by atoms with Crippen molar-refractivity contribution in [3.63, 3.8) is 0 Å². The number of aromatic hydroxyl groups is 1. The van der Waals surface area contributed by atoms with E-state index in [1.54, 1.807) is 31.1 Å². The van der Waals surface area contributed by atoms with Crippen LogP contribution < -0.4 is 16.2 Å². The number of anilines is 1. The van der Waals surface area contributed by atoms with E-state index in [0.717, 1.165) is 56.4 Å². The molecule has 0 saturated carbocycles. The SMILES string of the molecule is [B]c1cc(C[C@@H](OC(=O)N2CCC(N3CCc4ccccc4NC3=O)CC2)C(=O)N2CCC(C3CCN(CC(=O)OCC)CC3)CC2)cc([B]C)c1O. The molecule has 4 amide bonds. The Bertz CT molecular complexity index is 1620. The number of benzene rings is 2. The highest BCUT2D eigenvalue weighted by Crippen LogP contribution is 2.33. The van der Waals surface area contributed by atoms with E-state index in [1.165, 1.54) is 0 Å². The van der Waals surface area contributed by atoms with Gasteiger partial charge in [-0.3, -0.25) is 14.5 Å². The van der Waals surface area contributed by atoms with Gasteiger partial charge in [0, 0.05) is 50.9 Å². The Morgan fingerprint density at radius 2 is 1.60 bits per heavy atom. The molecule has 6 rings (SSSR count). The van der Waals surface area contributed by atoms with E-state index in [2.05, 4.69) is 10.2 Å². The van der Waals surface area contributed by atoms with Crippen molar-refractivity contribution >= 4 is 55.7 Å². The van der Waals surface area contributed by atoms with Gasteiger partial charge in [-0.1, -0.05) is 42.6 Å². The third kappa shape index (κ3) is 9.49. The van der Waals surface area contributed by atoms with Gasteiger partial charge in [-0.15, -0.1) is 0 Å². The second kappa shape index (κ2) is 17.8. The van der Waals surface area contributed by atoms with Crippen LogP contribution in [0.5, 0.6) is 5.75 Å². The molecule has 1 atom stereocenters. The zero-order chi connectivity index (χ0) is 37.5. The summed E-state index contributed by atoms with van der Waals surface area (Å²) in [6.07, 6.45) is 4.27. The maximum Gasteiger partial charge on any atom is 0.410 e. The number of phenols is 1.